The second kappa shape index (κ2) is 6.56. The predicted molar refractivity (Wildman–Crippen MR) is 91.1 cm³/mol. The van der Waals surface area contributed by atoms with Gasteiger partial charge in [-0.1, -0.05) is 29.5 Å². The molecule has 0 aliphatic heterocycles. The molecule has 0 spiro atoms. The molecule has 3 unspecified atom stereocenters. The van der Waals surface area contributed by atoms with Gasteiger partial charge in [0.2, 0.25) is 0 Å². The molecule has 0 saturated heterocycles. The normalized spacial score (nSPS) is 37.6. The maximum Gasteiger partial charge on any atom is 0.399 e. The zero-order chi connectivity index (χ0) is 18.5. The molecule has 0 radical (unpaired) electrons. The van der Waals surface area contributed by atoms with Gasteiger partial charge in [0.05, 0.1) is 0 Å². The molecule has 4 fully saturated rings. The first-order valence-electron chi connectivity index (χ1n) is 8.69. The molecule has 25 heavy (non-hydrogen) atoms. The number of hydrogen-bond acceptors (Lipinski definition) is 4. The van der Waals surface area contributed by atoms with Crippen LogP contribution in [0.1, 0.15) is 58.3 Å². The van der Waals surface area contributed by atoms with Crippen molar-refractivity contribution in [2.24, 2.45) is 11.8 Å². The van der Waals surface area contributed by atoms with E-state index in [0.717, 1.165) is 19.3 Å². The van der Waals surface area contributed by atoms with Gasteiger partial charge in [-0.2, -0.15) is 13.2 Å². The van der Waals surface area contributed by atoms with Gasteiger partial charge in [0.25, 0.3) is 0 Å². The van der Waals surface area contributed by atoms with Crippen LogP contribution in [0.5, 0.6) is 0 Å². The van der Waals surface area contributed by atoms with E-state index in [9.17, 15) is 22.8 Å². The lowest BCUT2D eigenvalue weighted by Gasteiger charge is -2.60. The second-order valence-corrected chi connectivity index (χ2v) is 9.39. The number of carbonyl (C=O) groups excluding carboxylic acids is 2. The molecule has 4 aliphatic carbocycles. The summed E-state index contributed by atoms with van der Waals surface area (Å²) in [5.74, 6) is -1.03. The molecule has 4 bridgehead atoms. The van der Waals surface area contributed by atoms with Gasteiger partial charge < -0.3 is 9.47 Å². The molecule has 8 heteroatoms. The van der Waals surface area contributed by atoms with Gasteiger partial charge in [0.15, 0.2) is 0 Å². The van der Waals surface area contributed by atoms with Crippen molar-refractivity contribution in [1.29, 1.82) is 0 Å². The van der Waals surface area contributed by atoms with Crippen LogP contribution in [0, 0.1) is 11.8 Å². The van der Waals surface area contributed by atoms with Crippen molar-refractivity contribution in [2.45, 2.75) is 79.6 Å². The lowest BCUT2D eigenvalue weighted by molar-refractivity contribution is -0.235. The summed E-state index contributed by atoms with van der Waals surface area (Å²) < 4.78 is 48.4. The summed E-state index contributed by atoms with van der Waals surface area (Å²) in [5, 5.41) is 0. The molecule has 0 heterocycles. The summed E-state index contributed by atoms with van der Waals surface area (Å²) in [6, 6.07) is 0. The van der Waals surface area contributed by atoms with Gasteiger partial charge >= 0.3 is 18.1 Å². The van der Waals surface area contributed by atoms with E-state index in [2.05, 4.69) is 0 Å². The monoisotopic (exact) mass is 474 g/mol. The third kappa shape index (κ3) is 4.24. The Kier molecular flexibility index (Phi) is 5.05. The standard InChI is InChI=1S/C17H22F3IO4/c1-2-12(21)14(23)25-16-6-10-3-11(7-16)5-15(4-10,9-16)24-13(22)8-17(18,19)20/h10-12H,2-9H2,1H3. The highest BCUT2D eigenvalue weighted by Gasteiger charge is 2.61. The van der Waals surface area contributed by atoms with Crippen molar-refractivity contribution in [2.75, 3.05) is 0 Å². The van der Waals surface area contributed by atoms with Crippen molar-refractivity contribution in [3.05, 3.63) is 0 Å². The Morgan fingerprint density at radius 3 is 2.12 bits per heavy atom. The molecule has 4 saturated carbocycles. The summed E-state index contributed by atoms with van der Waals surface area (Å²) in [5.41, 5.74) is -1.59. The molecular weight excluding hydrogens is 452 g/mol. The highest BCUT2D eigenvalue weighted by molar-refractivity contribution is 14.1. The maximum absolute atomic E-state index is 12.5. The van der Waals surface area contributed by atoms with Gasteiger partial charge in [0.1, 0.15) is 21.5 Å². The molecular formula is C17H22F3IO4. The minimum absolute atomic E-state index is 0.238. The second-order valence-electron chi connectivity index (χ2n) is 7.89. The summed E-state index contributed by atoms with van der Waals surface area (Å²) in [6.07, 6.45) is -1.58. The average molecular weight is 474 g/mol. The first-order chi connectivity index (χ1) is 11.5. The van der Waals surface area contributed by atoms with Gasteiger partial charge in [-0.05, 0) is 50.4 Å². The van der Waals surface area contributed by atoms with E-state index in [-0.39, 0.29) is 21.7 Å². The summed E-state index contributed by atoms with van der Waals surface area (Å²) >= 11 is 2.04. The van der Waals surface area contributed by atoms with Gasteiger partial charge in [-0.3, -0.25) is 9.59 Å². The van der Waals surface area contributed by atoms with E-state index in [1.165, 1.54) is 0 Å². The van der Waals surface area contributed by atoms with E-state index in [0.29, 0.717) is 25.7 Å². The van der Waals surface area contributed by atoms with Crippen molar-refractivity contribution in [3.63, 3.8) is 0 Å². The van der Waals surface area contributed by atoms with Crippen LogP contribution in [-0.4, -0.2) is 33.2 Å². The van der Waals surface area contributed by atoms with E-state index >= 15 is 0 Å². The van der Waals surface area contributed by atoms with Crippen molar-refractivity contribution >= 4 is 34.5 Å². The fourth-order valence-corrected chi connectivity index (χ4v) is 5.35. The van der Waals surface area contributed by atoms with Crippen molar-refractivity contribution < 1.29 is 32.2 Å². The molecule has 0 aromatic carbocycles. The largest absolute Gasteiger partial charge is 0.459 e. The molecule has 3 atom stereocenters. The number of ether oxygens (including phenoxy) is 2. The fraction of sp³-hybridized carbons (Fsp3) is 0.882. The van der Waals surface area contributed by atoms with Crippen LogP contribution in [0.2, 0.25) is 0 Å². The molecule has 4 rings (SSSR count). The number of carbonyl (C=O) groups is 2. The molecule has 0 N–H and O–H groups in total. The van der Waals surface area contributed by atoms with Crippen LogP contribution < -0.4 is 0 Å². The summed E-state index contributed by atoms with van der Waals surface area (Å²) in [6.45, 7) is 1.90. The summed E-state index contributed by atoms with van der Waals surface area (Å²) in [7, 11) is 0. The zero-order valence-corrected chi connectivity index (χ0v) is 16.2. The Bertz CT molecular complexity index is 549. The van der Waals surface area contributed by atoms with E-state index in [1.807, 2.05) is 29.5 Å². The van der Waals surface area contributed by atoms with E-state index in [1.54, 1.807) is 0 Å². The highest BCUT2D eigenvalue weighted by atomic mass is 127. The molecule has 0 aromatic heterocycles. The van der Waals surface area contributed by atoms with E-state index in [4.69, 9.17) is 9.47 Å². The van der Waals surface area contributed by atoms with Crippen LogP contribution in [0.25, 0.3) is 0 Å². The van der Waals surface area contributed by atoms with Crippen molar-refractivity contribution in [3.8, 4) is 0 Å². The highest BCUT2D eigenvalue weighted by Crippen LogP contribution is 2.60. The van der Waals surface area contributed by atoms with Gasteiger partial charge in [-0.25, -0.2) is 0 Å². The van der Waals surface area contributed by atoms with Crippen LogP contribution >= 0.6 is 22.6 Å². The number of rotatable bonds is 5. The van der Waals surface area contributed by atoms with Crippen LogP contribution in [0.15, 0.2) is 0 Å². The first-order valence-corrected chi connectivity index (χ1v) is 9.94. The Balaban J connectivity index is 1.74. The maximum atomic E-state index is 12.5. The lowest BCUT2D eigenvalue weighted by Crippen LogP contribution is -2.62. The Morgan fingerprint density at radius 2 is 1.64 bits per heavy atom. The first kappa shape index (κ1) is 19.2. The average Bonchev–Trinajstić information content (AvgIpc) is 2.41. The molecule has 0 aromatic rings. The number of hydrogen-bond donors (Lipinski definition) is 0. The predicted octanol–water partition coefficient (Wildman–Crippen LogP) is 4.33. The smallest absolute Gasteiger partial charge is 0.399 e. The van der Waals surface area contributed by atoms with E-state index < -0.39 is 29.8 Å². The molecule has 142 valence electrons. The minimum atomic E-state index is -4.57. The molecule has 4 aliphatic rings. The number of alkyl halides is 4. The minimum Gasteiger partial charge on any atom is -0.459 e. The number of halogens is 4. The Hall–Kier alpha value is -0.540. The SMILES string of the molecule is CCC(I)C(=O)OC12CC3CC(CC(OC(=O)CC(F)(F)F)(C3)C1)C2. The zero-order valence-electron chi connectivity index (χ0n) is 14.0. The fourth-order valence-electron chi connectivity index (χ4n) is 5.22. The number of esters is 2. The third-order valence-electron chi connectivity index (χ3n) is 5.56. The molecule has 0 amide bonds. The topological polar surface area (TPSA) is 52.6 Å². The molecule has 4 nitrogen and oxygen atoms in total. The summed E-state index contributed by atoms with van der Waals surface area (Å²) in [4.78, 5) is 24.1. The lowest BCUT2D eigenvalue weighted by atomic mass is 9.52. The van der Waals surface area contributed by atoms with Crippen molar-refractivity contribution in [1.82, 2.24) is 0 Å². The van der Waals surface area contributed by atoms with Gasteiger partial charge in [-0.15, -0.1) is 0 Å². The Labute approximate surface area is 158 Å². The van der Waals surface area contributed by atoms with Gasteiger partial charge in [0, 0.05) is 6.42 Å². The Morgan fingerprint density at radius 1 is 1.12 bits per heavy atom. The quantitative estimate of drug-likeness (QED) is 0.338. The van der Waals surface area contributed by atoms with Crippen LogP contribution in [0.3, 0.4) is 0 Å². The van der Waals surface area contributed by atoms with Crippen LogP contribution in [-0.2, 0) is 19.1 Å². The van der Waals surface area contributed by atoms with Crippen LogP contribution in [0.4, 0.5) is 13.2 Å². The third-order valence-corrected chi connectivity index (χ3v) is 6.95.